The molecule has 1 aromatic carbocycles. The highest BCUT2D eigenvalue weighted by Crippen LogP contribution is 2.31. The summed E-state index contributed by atoms with van der Waals surface area (Å²) in [6.45, 7) is 6.22. The lowest BCUT2D eigenvalue weighted by Crippen LogP contribution is -2.02. The summed E-state index contributed by atoms with van der Waals surface area (Å²) in [6.07, 6.45) is 0.838. The Kier molecular flexibility index (Phi) is 3.60. The molecule has 0 saturated carbocycles. The largest absolute Gasteiger partial charge is 0.384 e. The molecule has 0 amide bonds. The average Bonchev–Trinajstić information content (AvgIpc) is 2.60. The van der Waals surface area contributed by atoms with E-state index in [0.29, 0.717) is 11.7 Å². The molecule has 102 valence electrons. The average molecular weight is 261 g/mol. The number of anilines is 1. The molecule has 1 heterocycles. The predicted molar refractivity (Wildman–Crippen MR) is 76.3 cm³/mol. The summed E-state index contributed by atoms with van der Waals surface area (Å²) in [4.78, 5) is 0. The predicted octanol–water partition coefficient (Wildman–Crippen LogP) is 3.32. The van der Waals surface area contributed by atoms with Crippen LogP contribution in [-0.2, 0) is 13.5 Å². The molecule has 0 fully saturated rings. The molecule has 3 nitrogen and oxygen atoms in total. The van der Waals surface area contributed by atoms with Crippen LogP contribution in [0.3, 0.4) is 0 Å². The van der Waals surface area contributed by atoms with Crippen LogP contribution >= 0.6 is 0 Å². The van der Waals surface area contributed by atoms with Gasteiger partial charge in [0.05, 0.1) is 5.69 Å². The number of rotatable bonds is 3. The fourth-order valence-electron chi connectivity index (χ4n) is 2.26. The minimum atomic E-state index is -0.250. The smallest absolute Gasteiger partial charge is 0.125 e. The van der Waals surface area contributed by atoms with E-state index in [4.69, 9.17) is 5.73 Å². The summed E-state index contributed by atoms with van der Waals surface area (Å²) in [7, 11) is 1.82. The van der Waals surface area contributed by atoms with Crippen LogP contribution in [0.2, 0.25) is 0 Å². The number of benzene rings is 1. The van der Waals surface area contributed by atoms with Gasteiger partial charge in [0.25, 0.3) is 0 Å². The first-order valence-electron chi connectivity index (χ1n) is 6.48. The van der Waals surface area contributed by atoms with Gasteiger partial charge in [-0.2, -0.15) is 5.10 Å². The molecule has 0 aliphatic carbocycles. The molecule has 0 spiro atoms. The molecule has 2 aromatic rings. The van der Waals surface area contributed by atoms with Crippen LogP contribution in [0.15, 0.2) is 18.2 Å². The van der Waals surface area contributed by atoms with Gasteiger partial charge in [0.15, 0.2) is 0 Å². The second kappa shape index (κ2) is 5.03. The van der Waals surface area contributed by atoms with Crippen LogP contribution in [0.25, 0.3) is 11.3 Å². The number of hydrogen-bond acceptors (Lipinski definition) is 2. The van der Waals surface area contributed by atoms with Crippen molar-refractivity contribution in [3.05, 3.63) is 35.1 Å². The van der Waals surface area contributed by atoms with E-state index in [-0.39, 0.29) is 5.82 Å². The Labute approximate surface area is 113 Å². The SMILES string of the molecule is Cc1ccc(F)cc1-c1nn(C)c(N)c1CC(C)C. The zero-order valence-corrected chi connectivity index (χ0v) is 11.9. The normalized spacial score (nSPS) is 11.3. The van der Waals surface area contributed by atoms with Gasteiger partial charge in [-0.15, -0.1) is 0 Å². The number of nitrogens with two attached hydrogens (primary N) is 1. The van der Waals surface area contributed by atoms with E-state index >= 15 is 0 Å². The van der Waals surface area contributed by atoms with Crippen LogP contribution in [0.5, 0.6) is 0 Å². The Morgan fingerprint density at radius 1 is 1.37 bits per heavy atom. The monoisotopic (exact) mass is 261 g/mol. The zero-order valence-electron chi connectivity index (χ0n) is 11.9. The molecular weight excluding hydrogens is 241 g/mol. The first-order valence-corrected chi connectivity index (χ1v) is 6.48. The zero-order chi connectivity index (χ0) is 14.2. The lowest BCUT2D eigenvalue weighted by Gasteiger charge is -2.08. The number of nitrogens with zero attached hydrogens (tertiary/aromatic N) is 2. The van der Waals surface area contributed by atoms with Crippen molar-refractivity contribution in [1.29, 1.82) is 0 Å². The van der Waals surface area contributed by atoms with E-state index in [0.717, 1.165) is 28.8 Å². The van der Waals surface area contributed by atoms with E-state index in [2.05, 4.69) is 18.9 Å². The van der Waals surface area contributed by atoms with Gasteiger partial charge < -0.3 is 5.73 Å². The summed E-state index contributed by atoms with van der Waals surface area (Å²) >= 11 is 0. The van der Waals surface area contributed by atoms with Crippen LogP contribution in [-0.4, -0.2) is 9.78 Å². The number of aryl methyl sites for hydroxylation is 2. The molecular formula is C15H20FN3. The summed E-state index contributed by atoms with van der Waals surface area (Å²) in [5.41, 5.74) is 9.71. The molecule has 19 heavy (non-hydrogen) atoms. The number of nitrogen functional groups attached to an aromatic ring is 1. The maximum atomic E-state index is 13.5. The Morgan fingerprint density at radius 2 is 2.05 bits per heavy atom. The molecule has 4 heteroatoms. The van der Waals surface area contributed by atoms with Crippen molar-refractivity contribution in [2.45, 2.75) is 27.2 Å². The molecule has 0 aliphatic rings. The first-order chi connectivity index (χ1) is 8.90. The standard InChI is InChI=1S/C15H20FN3/c1-9(2)7-13-14(18-19(4)15(13)17)12-8-11(16)6-5-10(12)3/h5-6,8-9H,7,17H2,1-4H3. The van der Waals surface area contributed by atoms with E-state index in [1.807, 2.05) is 14.0 Å². The van der Waals surface area contributed by atoms with Gasteiger partial charge in [-0.3, -0.25) is 4.68 Å². The van der Waals surface area contributed by atoms with E-state index in [9.17, 15) is 4.39 Å². The molecule has 0 atom stereocenters. The van der Waals surface area contributed by atoms with Crippen molar-refractivity contribution in [3.8, 4) is 11.3 Å². The summed E-state index contributed by atoms with van der Waals surface area (Å²) in [5.74, 6) is 0.881. The minimum Gasteiger partial charge on any atom is -0.384 e. The Morgan fingerprint density at radius 3 is 2.68 bits per heavy atom. The fraction of sp³-hybridized carbons (Fsp3) is 0.400. The Balaban J connectivity index is 2.61. The molecule has 1 aromatic heterocycles. The van der Waals surface area contributed by atoms with Crippen molar-refractivity contribution in [2.24, 2.45) is 13.0 Å². The highest BCUT2D eigenvalue weighted by atomic mass is 19.1. The van der Waals surface area contributed by atoms with Crippen LogP contribution in [0.1, 0.15) is 25.0 Å². The molecule has 0 radical (unpaired) electrons. The molecule has 0 unspecified atom stereocenters. The van der Waals surface area contributed by atoms with Crippen LogP contribution in [0.4, 0.5) is 10.2 Å². The highest BCUT2D eigenvalue weighted by molar-refractivity contribution is 5.71. The molecule has 2 N–H and O–H groups in total. The Hall–Kier alpha value is -1.84. The molecule has 0 bridgehead atoms. The Bertz CT molecular complexity index is 600. The quantitative estimate of drug-likeness (QED) is 0.921. The van der Waals surface area contributed by atoms with Gasteiger partial charge in [-0.25, -0.2) is 4.39 Å². The van der Waals surface area contributed by atoms with Gasteiger partial charge in [0.1, 0.15) is 11.6 Å². The third kappa shape index (κ3) is 2.62. The van der Waals surface area contributed by atoms with Gasteiger partial charge >= 0.3 is 0 Å². The van der Waals surface area contributed by atoms with Crippen molar-refractivity contribution >= 4 is 5.82 Å². The maximum absolute atomic E-state index is 13.5. The lowest BCUT2D eigenvalue weighted by molar-refractivity contribution is 0.627. The van der Waals surface area contributed by atoms with Crippen molar-refractivity contribution in [3.63, 3.8) is 0 Å². The van der Waals surface area contributed by atoms with Crippen LogP contribution < -0.4 is 5.73 Å². The highest BCUT2D eigenvalue weighted by Gasteiger charge is 2.18. The number of aromatic nitrogens is 2. The number of halogens is 1. The number of hydrogen-bond donors (Lipinski definition) is 1. The van der Waals surface area contributed by atoms with Gasteiger partial charge in [-0.1, -0.05) is 19.9 Å². The third-order valence-electron chi connectivity index (χ3n) is 3.26. The lowest BCUT2D eigenvalue weighted by atomic mass is 9.97. The van der Waals surface area contributed by atoms with Gasteiger partial charge in [0, 0.05) is 18.2 Å². The fourth-order valence-corrected chi connectivity index (χ4v) is 2.26. The summed E-state index contributed by atoms with van der Waals surface area (Å²) in [5, 5.41) is 4.46. The molecule has 2 rings (SSSR count). The van der Waals surface area contributed by atoms with E-state index < -0.39 is 0 Å². The molecule has 0 saturated heterocycles. The second-order valence-corrected chi connectivity index (χ2v) is 5.39. The molecule has 0 aliphatic heterocycles. The van der Waals surface area contributed by atoms with E-state index in [1.54, 1.807) is 10.7 Å². The minimum absolute atomic E-state index is 0.250. The summed E-state index contributed by atoms with van der Waals surface area (Å²) < 4.78 is 15.1. The maximum Gasteiger partial charge on any atom is 0.125 e. The third-order valence-corrected chi connectivity index (χ3v) is 3.26. The topological polar surface area (TPSA) is 43.8 Å². The van der Waals surface area contributed by atoms with Gasteiger partial charge in [0.2, 0.25) is 0 Å². The first kappa shape index (κ1) is 13.6. The van der Waals surface area contributed by atoms with Crippen molar-refractivity contribution < 1.29 is 4.39 Å². The van der Waals surface area contributed by atoms with Gasteiger partial charge in [-0.05, 0) is 37.0 Å². The second-order valence-electron chi connectivity index (χ2n) is 5.39. The summed E-state index contributed by atoms with van der Waals surface area (Å²) in [6, 6.07) is 4.77. The van der Waals surface area contributed by atoms with Crippen molar-refractivity contribution in [1.82, 2.24) is 9.78 Å². The van der Waals surface area contributed by atoms with Crippen LogP contribution in [0, 0.1) is 18.7 Å². The van der Waals surface area contributed by atoms with Crippen molar-refractivity contribution in [2.75, 3.05) is 5.73 Å². The van der Waals surface area contributed by atoms with E-state index in [1.165, 1.54) is 12.1 Å².